The third kappa shape index (κ3) is 3.87. The van der Waals surface area contributed by atoms with E-state index in [0.717, 1.165) is 12.5 Å². The van der Waals surface area contributed by atoms with Crippen LogP contribution in [0.25, 0.3) is 0 Å². The van der Waals surface area contributed by atoms with Gasteiger partial charge in [0.2, 0.25) is 0 Å². The van der Waals surface area contributed by atoms with Gasteiger partial charge >= 0.3 is 6.18 Å². The zero-order valence-electron chi connectivity index (χ0n) is 10.5. The molecule has 102 valence electrons. The Kier molecular flexibility index (Phi) is 4.95. The molecule has 3 nitrogen and oxygen atoms in total. The molecule has 18 heavy (non-hydrogen) atoms. The van der Waals surface area contributed by atoms with Gasteiger partial charge < -0.3 is 10.6 Å². The van der Waals surface area contributed by atoms with Crippen LogP contribution < -0.4 is 10.6 Å². The Bertz CT molecular complexity index is 377. The third-order valence-electron chi connectivity index (χ3n) is 2.55. The molecule has 1 aromatic heterocycles. The lowest BCUT2D eigenvalue weighted by Gasteiger charge is -2.28. The number of nitrogens with two attached hydrogens (primary N) is 1. The maximum atomic E-state index is 12.6. The SMILES string of the molecule is CC(C)N(CCCN)c1cccc(C(F)(F)F)n1. The van der Waals surface area contributed by atoms with Crippen molar-refractivity contribution in [1.29, 1.82) is 0 Å². The summed E-state index contributed by atoms with van der Waals surface area (Å²) in [4.78, 5) is 5.50. The van der Waals surface area contributed by atoms with Gasteiger partial charge in [-0.1, -0.05) is 6.07 Å². The number of hydrogen-bond donors (Lipinski definition) is 1. The van der Waals surface area contributed by atoms with Crippen LogP contribution in [0, 0.1) is 0 Å². The smallest absolute Gasteiger partial charge is 0.354 e. The van der Waals surface area contributed by atoms with Crippen LogP contribution >= 0.6 is 0 Å². The lowest BCUT2D eigenvalue weighted by atomic mass is 10.2. The zero-order chi connectivity index (χ0) is 13.8. The van der Waals surface area contributed by atoms with Gasteiger partial charge in [0.25, 0.3) is 0 Å². The van der Waals surface area contributed by atoms with Gasteiger partial charge in [0.1, 0.15) is 11.5 Å². The van der Waals surface area contributed by atoms with Crippen molar-refractivity contribution in [2.45, 2.75) is 32.5 Å². The number of aromatic nitrogens is 1. The first-order valence-corrected chi connectivity index (χ1v) is 5.87. The summed E-state index contributed by atoms with van der Waals surface area (Å²) < 4.78 is 37.8. The summed E-state index contributed by atoms with van der Waals surface area (Å²) in [5.74, 6) is 0.341. The Morgan fingerprint density at radius 1 is 1.33 bits per heavy atom. The fraction of sp³-hybridized carbons (Fsp3) is 0.583. The second-order valence-electron chi connectivity index (χ2n) is 4.31. The molecule has 0 saturated heterocycles. The van der Waals surface area contributed by atoms with Crippen LogP contribution in [0.1, 0.15) is 26.0 Å². The predicted octanol–water partition coefficient (Wildman–Crippen LogP) is 2.66. The third-order valence-corrected chi connectivity index (χ3v) is 2.55. The number of pyridine rings is 1. The van der Waals surface area contributed by atoms with Crippen LogP contribution in [0.15, 0.2) is 18.2 Å². The van der Waals surface area contributed by atoms with Gasteiger partial charge in [0.05, 0.1) is 0 Å². The van der Waals surface area contributed by atoms with Crippen molar-refractivity contribution in [3.8, 4) is 0 Å². The molecule has 0 atom stereocenters. The van der Waals surface area contributed by atoms with Crippen molar-refractivity contribution >= 4 is 5.82 Å². The van der Waals surface area contributed by atoms with Crippen molar-refractivity contribution in [3.05, 3.63) is 23.9 Å². The van der Waals surface area contributed by atoms with E-state index in [9.17, 15) is 13.2 Å². The quantitative estimate of drug-likeness (QED) is 0.886. The molecule has 0 spiro atoms. The molecule has 0 aliphatic heterocycles. The summed E-state index contributed by atoms with van der Waals surface area (Å²) >= 11 is 0. The first-order valence-electron chi connectivity index (χ1n) is 5.87. The van der Waals surface area contributed by atoms with Gasteiger partial charge in [0, 0.05) is 12.6 Å². The number of halogens is 3. The Morgan fingerprint density at radius 3 is 2.50 bits per heavy atom. The van der Waals surface area contributed by atoms with Gasteiger partial charge in [-0.15, -0.1) is 0 Å². The van der Waals surface area contributed by atoms with Crippen molar-refractivity contribution in [2.75, 3.05) is 18.0 Å². The highest BCUT2D eigenvalue weighted by molar-refractivity contribution is 5.40. The van der Waals surface area contributed by atoms with Gasteiger partial charge in [-0.25, -0.2) is 4.98 Å². The monoisotopic (exact) mass is 261 g/mol. The number of rotatable bonds is 5. The lowest BCUT2D eigenvalue weighted by Crippen LogP contribution is -2.33. The average molecular weight is 261 g/mol. The first-order chi connectivity index (χ1) is 8.36. The molecule has 0 fully saturated rings. The van der Waals surface area contributed by atoms with E-state index in [1.54, 1.807) is 6.07 Å². The highest BCUT2D eigenvalue weighted by Gasteiger charge is 2.32. The molecule has 0 amide bonds. The maximum Gasteiger partial charge on any atom is 0.433 e. The second-order valence-corrected chi connectivity index (χ2v) is 4.31. The largest absolute Gasteiger partial charge is 0.433 e. The Morgan fingerprint density at radius 2 is 2.00 bits per heavy atom. The van der Waals surface area contributed by atoms with E-state index >= 15 is 0 Å². The molecule has 1 aromatic rings. The van der Waals surface area contributed by atoms with E-state index in [-0.39, 0.29) is 6.04 Å². The van der Waals surface area contributed by atoms with E-state index in [2.05, 4.69) is 4.98 Å². The number of anilines is 1. The van der Waals surface area contributed by atoms with Crippen LogP contribution in [0.5, 0.6) is 0 Å². The molecule has 0 radical (unpaired) electrons. The van der Waals surface area contributed by atoms with Crippen molar-refractivity contribution < 1.29 is 13.2 Å². The van der Waals surface area contributed by atoms with Gasteiger partial charge in [-0.05, 0) is 38.9 Å². The number of hydrogen-bond acceptors (Lipinski definition) is 3. The molecule has 0 aromatic carbocycles. The van der Waals surface area contributed by atoms with Crippen LogP contribution in [0.2, 0.25) is 0 Å². The molecular formula is C12H18F3N3. The van der Waals surface area contributed by atoms with Crippen LogP contribution in [-0.2, 0) is 6.18 Å². The van der Waals surface area contributed by atoms with Crippen LogP contribution in [0.4, 0.5) is 19.0 Å². The van der Waals surface area contributed by atoms with E-state index in [4.69, 9.17) is 5.73 Å². The Balaban J connectivity index is 2.98. The fourth-order valence-electron chi connectivity index (χ4n) is 1.64. The lowest BCUT2D eigenvalue weighted by molar-refractivity contribution is -0.141. The minimum Gasteiger partial charge on any atom is -0.354 e. The van der Waals surface area contributed by atoms with Gasteiger partial charge in [0.15, 0.2) is 0 Å². The predicted molar refractivity (Wildman–Crippen MR) is 65.4 cm³/mol. The van der Waals surface area contributed by atoms with Crippen molar-refractivity contribution in [1.82, 2.24) is 4.98 Å². The highest BCUT2D eigenvalue weighted by Crippen LogP contribution is 2.29. The second kappa shape index (κ2) is 6.04. The summed E-state index contributed by atoms with van der Waals surface area (Å²) in [6.45, 7) is 4.93. The molecule has 0 aliphatic carbocycles. The molecule has 2 N–H and O–H groups in total. The standard InChI is InChI=1S/C12H18F3N3/c1-9(2)18(8-4-7-16)11-6-3-5-10(17-11)12(13,14)15/h3,5-6,9H,4,7-8,16H2,1-2H3. The molecule has 0 unspecified atom stereocenters. The topological polar surface area (TPSA) is 42.1 Å². The Hall–Kier alpha value is -1.30. The van der Waals surface area contributed by atoms with Crippen LogP contribution in [-0.4, -0.2) is 24.1 Å². The Labute approximate surface area is 105 Å². The van der Waals surface area contributed by atoms with E-state index in [1.165, 1.54) is 6.07 Å². The first kappa shape index (κ1) is 14.8. The summed E-state index contributed by atoms with van der Waals surface area (Å²) in [5, 5.41) is 0. The summed E-state index contributed by atoms with van der Waals surface area (Å²) in [6, 6.07) is 4.02. The van der Waals surface area contributed by atoms with Gasteiger partial charge in [-0.2, -0.15) is 13.2 Å². The number of nitrogens with zero attached hydrogens (tertiary/aromatic N) is 2. The maximum absolute atomic E-state index is 12.6. The minimum absolute atomic E-state index is 0.0764. The van der Waals surface area contributed by atoms with Gasteiger partial charge in [-0.3, -0.25) is 0 Å². The normalized spacial score (nSPS) is 11.9. The minimum atomic E-state index is -4.41. The molecular weight excluding hydrogens is 243 g/mol. The molecule has 6 heteroatoms. The average Bonchev–Trinajstić information content (AvgIpc) is 2.28. The summed E-state index contributed by atoms with van der Waals surface area (Å²) in [7, 11) is 0. The van der Waals surface area contributed by atoms with Crippen molar-refractivity contribution in [2.24, 2.45) is 5.73 Å². The molecule has 0 saturated carbocycles. The molecule has 1 rings (SSSR count). The fourth-order valence-corrected chi connectivity index (χ4v) is 1.64. The molecule has 1 heterocycles. The summed E-state index contributed by atoms with van der Waals surface area (Å²) in [6.07, 6.45) is -3.69. The summed E-state index contributed by atoms with van der Waals surface area (Å²) in [5.41, 5.74) is 4.56. The molecule has 0 aliphatic rings. The number of alkyl halides is 3. The van der Waals surface area contributed by atoms with E-state index < -0.39 is 11.9 Å². The van der Waals surface area contributed by atoms with E-state index in [1.807, 2.05) is 18.7 Å². The highest BCUT2D eigenvalue weighted by atomic mass is 19.4. The van der Waals surface area contributed by atoms with E-state index in [0.29, 0.717) is 18.9 Å². The van der Waals surface area contributed by atoms with Crippen molar-refractivity contribution in [3.63, 3.8) is 0 Å². The van der Waals surface area contributed by atoms with Crippen LogP contribution in [0.3, 0.4) is 0 Å². The molecule has 0 bridgehead atoms. The zero-order valence-corrected chi connectivity index (χ0v) is 10.5.